The average Bonchev–Trinajstić information content (AvgIpc) is 3.21. The average molecular weight is 436 g/mol. The number of nitrogens with zero attached hydrogens (tertiary/aromatic N) is 2. The molecule has 31 heavy (non-hydrogen) atoms. The zero-order valence-corrected chi connectivity index (χ0v) is 16.9. The highest BCUT2D eigenvalue weighted by Gasteiger charge is 2.21. The summed E-state index contributed by atoms with van der Waals surface area (Å²) in [5, 5.41) is 12.0. The lowest BCUT2D eigenvalue weighted by molar-refractivity contribution is -0.138. The summed E-state index contributed by atoms with van der Waals surface area (Å²) in [5.41, 5.74) is 2.52. The molecule has 2 aromatic carbocycles. The van der Waals surface area contributed by atoms with E-state index in [1.165, 1.54) is 23.9 Å². The van der Waals surface area contributed by atoms with Gasteiger partial charge in [0.1, 0.15) is 17.7 Å². The zero-order valence-electron chi connectivity index (χ0n) is 16.1. The van der Waals surface area contributed by atoms with Crippen molar-refractivity contribution in [3.63, 3.8) is 0 Å². The molecule has 7 nitrogen and oxygen atoms in total. The number of nitrogens with one attached hydrogen (secondary N) is 2. The third-order valence-electron chi connectivity index (χ3n) is 4.53. The molecule has 9 heteroatoms. The van der Waals surface area contributed by atoms with Gasteiger partial charge in [-0.1, -0.05) is 0 Å². The topological polar surface area (TPSA) is 108 Å². The van der Waals surface area contributed by atoms with Crippen molar-refractivity contribution < 1.29 is 19.1 Å². The Hall–Kier alpha value is -3.72. The molecule has 0 aliphatic heterocycles. The smallest absolute Gasteiger partial charge is 0.327 e. The Morgan fingerprint density at radius 3 is 2.55 bits per heavy atom. The Morgan fingerprint density at radius 2 is 1.84 bits per heavy atom. The fourth-order valence-electron chi connectivity index (χ4n) is 2.92. The predicted octanol–water partition coefficient (Wildman–Crippen LogP) is 3.74. The van der Waals surface area contributed by atoms with E-state index in [9.17, 15) is 19.1 Å². The third kappa shape index (κ3) is 4.89. The minimum absolute atomic E-state index is 0.102. The number of thioether (sulfide) groups is 1. The number of carbonyl (C=O) groups excluding carboxylic acids is 1. The lowest BCUT2D eigenvalue weighted by Crippen LogP contribution is -2.42. The first-order valence-electron chi connectivity index (χ1n) is 9.32. The summed E-state index contributed by atoms with van der Waals surface area (Å²) in [6.45, 7) is 0. The lowest BCUT2D eigenvalue weighted by Gasteiger charge is -2.14. The molecule has 0 aliphatic rings. The molecule has 0 radical (unpaired) electrons. The van der Waals surface area contributed by atoms with Gasteiger partial charge in [-0.25, -0.2) is 14.2 Å². The van der Waals surface area contributed by atoms with Crippen LogP contribution >= 0.6 is 11.8 Å². The van der Waals surface area contributed by atoms with Crippen molar-refractivity contribution in [2.75, 3.05) is 5.75 Å². The maximum Gasteiger partial charge on any atom is 0.327 e. The minimum atomic E-state index is -1.15. The molecule has 4 aromatic rings. The van der Waals surface area contributed by atoms with E-state index in [4.69, 9.17) is 0 Å². The van der Waals surface area contributed by atoms with Crippen LogP contribution in [0.5, 0.6) is 0 Å². The van der Waals surface area contributed by atoms with Crippen LogP contribution in [0.25, 0.3) is 22.4 Å². The Bertz CT molecular complexity index is 1230. The molecule has 0 unspecified atom stereocenters. The molecular formula is C22H17FN4O3S. The van der Waals surface area contributed by atoms with Crippen LogP contribution in [0.15, 0.2) is 71.9 Å². The number of carbonyl (C=O) groups is 2. The molecule has 0 saturated carbocycles. The number of hydrogen-bond acceptors (Lipinski definition) is 5. The van der Waals surface area contributed by atoms with Gasteiger partial charge in [-0.05, 0) is 54.6 Å². The number of benzene rings is 2. The van der Waals surface area contributed by atoms with Crippen LogP contribution in [0.2, 0.25) is 0 Å². The Balaban J connectivity index is 1.47. The number of halogens is 1. The van der Waals surface area contributed by atoms with Crippen molar-refractivity contribution in [1.29, 1.82) is 0 Å². The number of hydrogen-bond donors (Lipinski definition) is 3. The molecule has 2 heterocycles. The normalized spacial score (nSPS) is 11.9. The molecule has 156 valence electrons. The summed E-state index contributed by atoms with van der Waals surface area (Å²) in [6, 6.07) is 13.2. The van der Waals surface area contributed by atoms with Crippen LogP contribution in [-0.4, -0.2) is 43.7 Å². The van der Waals surface area contributed by atoms with Gasteiger partial charge in [0.2, 0.25) is 0 Å². The first-order valence-corrected chi connectivity index (χ1v) is 10.3. The Kier molecular flexibility index (Phi) is 5.94. The summed E-state index contributed by atoms with van der Waals surface area (Å²) in [4.78, 5) is 36.6. The summed E-state index contributed by atoms with van der Waals surface area (Å²) in [7, 11) is 0. The maximum absolute atomic E-state index is 13.0. The number of aromatic amines is 1. The summed E-state index contributed by atoms with van der Waals surface area (Å²) in [6.07, 6.45) is 3.33. The van der Waals surface area contributed by atoms with E-state index < -0.39 is 17.9 Å². The minimum Gasteiger partial charge on any atom is -0.480 e. The van der Waals surface area contributed by atoms with Crippen molar-refractivity contribution in [2.45, 2.75) is 10.9 Å². The van der Waals surface area contributed by atoms with Crippen LogP contribution in [0.3, 0.4) is 0 Å². The number of pyridine rings is 1. The molecule has 0 fully saturated rings. The van der Waals surface area contributed by atoms with E-state index in [1.807, 2.05) is 12.1 Å². The van der Waals surface area contributed by atoms with E-state index in [-0.39, 0.29) is 11.6 Å². The van der Waals surface area contributed by atoms with Gasteiger partial charge in [0.05, 0.1) is 11.0 Å². The van der Waals surface area contributed by atoms with E-state index in [0.29, 0.717) is 27.3 Å². The van der Waals surface area contributed by atoms with Crippen molar-refractivity contribution in [1.82, 2.24) is 20.3 Å². The van der Waals surface area contributed by atoms with Crippen LogP contribution in [0.4, 0.5) is 4.39 Å². The number of carboxylic acids is 1. The molecule has 3 N–H and O–H groups in total. The standard InChI is InChI=1S/C22H17FN4O3S/c23-15-2-4-16(5-3-15)31-12-19(22(29)30)27-21(28)14-1-6-17-18(11-14)26-20(25-17)13-7-9-24-10-8-13/h1-11,19H,12H2,(H,25,26)(H,27,28)(H,29,30)/t19-/m0/s1. The number of carboxylic acid groups (broad SMARTS) is 1. The largest absolute Gasteiger partial charge is 0.480 e. The van der Waals surface area contributed by atoms with Crippen LogP contribution < -0.4 is 5.32 Å². The molecule has 0 saturated heterocycles. The van der Waals surface area contributed by atoms with E-state index in [0.717, 1.165) is 5.56 Å². The third-order valence-corrected chi connectivity index (χ3v) is 5.64. The summed E-state index contributed by atoms with van der Waals surface area (Å²) >= 11 is 1.22. The van der Waals surface area contributed by atoms with E-state index in [2.05, 4.69) is 20.3 Å². The van der Waals surface area contributed by atoms with Crippen molar-refractivity contribution in [3.05, 3.63) is 78.4 Å². The van der Waals surface area contributed by atoms with Gasteiger partial charge >= 0.3 is 5.97 Å². The zero-order chi connectivity index (χ0) is 21.8. The molecule has 1 atom stereocenters. The monoisotopic (exact) mass is 436 g/mol. The second-order valence-corrected chi connectivity index (χ2v) is 7.78. The van der Waals surface area contributed by atoms with Gasteiger partial charge < -0.3 is 15.4 Å². The number of fused-ring (bicyclic) bond motifs is 1. The van der Waals surface area contributed by atoms with Gasteiger partial charge in [-0.2, -0.15) is 0 Å². The number of aromatic nitrogens is 3. The Labute approximate surface area is 180 Å². The van der Waals surface area contributed by atoms with Crippen LogP contribution in [-0.2, 0) is 4.79 Å². The highest BCUT2D eigenvalue weighted by Crippen LogP contribution is 2.22. The summed E-state index contributed by atoms with van der Waals surface area (Å²) < 4.78 is 13.0. The number of aliphatic carboxylic acids is 1. The first kappa shape index (κ1) is 20.5. The number of imidazole rings is 1. The highest BCUT2D eigenvalue weighted by molar-refractivity contribution is 7.99. The van der Waals surface area contributed by atoms with Gasteiger partial charge in [0.15, 0.2) is 0 Å². The molecule has 0 spiro atoms. The van der Waals surface area contributed by atoms with Gasteiger partial charge in [0, 0.05) is 34.2 Å². The van der Waals surface area contributed by atoms with E-state index >= 15 is 0 Å². The number of H-pyrrole nitrogens is 1. The molecule has 4 rings (SSSR count). The molecule has 2 aromatic heterocycles. The van der Waals surface area contributed by atoms with E-state index in [1.54, 1.807) is 42.7 Å². The second-order valence-electron chi connectivity index (χ2n) is 6.68. The second kappa shape index (κ2) is 8.97. The molecule has 0 bridgehead atoms. The highest BCUT2D eigenvalue weighted by atomic mass is 32.2. The first-order chi connectivity index (χ1) is 15.0. The SMILES string of the molecule is O=C(N[C@@H](CSc1ccc(F)cc1)C(=O)O)c1ccc2nc(-c3ccncc3)[nH]c2c1. The van der Waals surface area contributed by atoms with Gasteiger partial charge in [-0.3, -0.25) is 9.78 Å². The molecule has 1 amide bonds. The lowest BCUT2D eigenvalue weighted by atomic mass is 10.2. The Morgan fingerprint density at radius 1 is 1.10 bits per heavy atom. The van der Waals surface area contributed by atoms with Crippen molar-refractivity contribution >= 4 is 34.7 Å². The number of amides is 1. The number of rotatable bonds is 7. The summed E-state index contributed by atoms with van der Waals surface area (Å²) in [5.74, 6) is -1.27. The quantitative estimate of drug-likeness (QED) is 0.381. The fraction of sp³-hybridized carbons (Fsp3) is 0.0909. The van der Waals surface area contributed by atoms with Gasteiger partial charge in [0.25, 0.3) is 5.91 Å². The molecular weight excluding hydrogens is 419 g/mol. The fourth-order valence-corrected chi connectivity index (χ4v) is 3.84. The maximum atomic E-state index is 13.0. The van der Waals surface area contributed by atoms with Crippen molar-refractivity contribution in [3.8, 4) is 11.4 Å². The van der Waals surface area contributed by atoms with Crippen molar-refractivity contribution in [2.24, 2.45) is 0 Å². The predicted molar refractivity (Wildman–Crippen MR) is 115 cm³/mol. The van der Waals surface area contributed by atoms with Gasteiger partial charge in [-0.15, -0.1) is 11.8 Å². The van der Waals surface area contributed by atoms with Crippen LogP contribution in [0.1, 0.15) is 10.4 Å². The molecule has 0 aliphatic carbocycles. The van der Waals surface area contributed by atoms with Crippen LogP contribution in [0, 0.1) is 5.82 Å².